The average Bonchev–Trinajstić information content (AvgIpc) is 2.60. The van der Waals surface area contributed by atoms with Crippen LogP contribution in [0.15, 0.2) is 36.7 Å². The predicted octanol–water partition coefficient (Wildman–Crippen LogP) is 2.72. The molecule has 0 unspecified atom stereocenters. The van der Waals surface area contributed by atoms with Crippen molar-refractivity contribution in [3.05, 3.63) is 53.3 Å². The predicted molar refractivity (Wildman–Crippen MR) is 89.5 cm³/mol. The van der Waals surface area contributed by atoms with Crippen LogP contribution in [0.25, 0.3) is 0 Å². The molecule has 1 aliphatic heterocycles. The highest BCUT2D eigenvalue weighted by atomic mass is 35.5. The van der Waals surface area contributed by atoms with E-state index < -0.39 is 0 Å². The Morgan fingerprint density at radius 2 is 1.70 bits per heavy atom. The number of fused-ring (bicyclic) bond motifs is 1. The fourth-order valence-electron chi connectivity index (χ4n) is 2.73. The average molecular weight is 335 g/mol. The molecule has 0 aliphatic carbocycles. The lowest BCUT2D eigenvalue weighted by Gasteiger charge is -2.29. The molecule has 6 heteroatoms. The van der Waals surface area contributed by atoms with Crippen molar-refractivity contribution in [2.24, 2.45) is 0 Å². The van der Waals surface area contributed by atoms with Gasteiger partial charge in [-0.3, -0.25) is 9.78 Å². The quantitative estimate of drug-likeness (QED) is 0.866. The Labute approximate surface area is 141 Å². The van der Waals surface area contributed by atoms with Crippen molar-refractivity contribution in [1.29, 1.82) is 0 Å². The number of carbonyl (C=O) groups excluding carboxylic acids is 1. The van der Waals surface area contributed by atoms with E-state index >= 15 is 0 Å². The van der Waals surface area contributed by atoms with E-state index in [1.165, 1.54) is 5.56 Å². The molecular weight excluding hydrogens is 316 g/mol. The highest BCUT2D eigenvalue weighted by Gasteiger charge is 2.23. The molecule has 0 saturated carbocycles. The molecule has 0 fully saturated rings. The second-order valence-electron chi connectivity index (χ2n) is 5.19. The number of amides is 1. The van der Waals surface area contributed by atoms with Crippen molar-refractivity contribution in [2.75, 3.05) is 20.8 Å². The standard InChI is InChI=1S/C17H18N2O3.ClH/c1-21-15-9-13-5-8-19(11-14(13)10-16(15)22-2)17(20)12-3-6-18-7-4-12;/h3-4,6-7,9-10H,5,8,11H2,1-2H3;1H. The third-order valence-electron chi connectivity index (χ3n) is 3.93. The lowest BCUT2D eigenvalue weighted by atomic mass is 9.98. The van der Waals surface area contributed by atoms with Gasteiger partial charge < -0.3 is 14.4 Å². The summed E-state index contributed by atoms with van der Waals surface area (Å²) in [6, 6.07) is 7.45. The van der Waals surface area contributed by atoms with E-state index in [1.54, 1.807) is 38.7 Å². The number of pyridine rings is 1. The lowest BCUT2D eigenvalue weighted by molar-refractivity contribution is 0.0734. The smallest absolute Gasteiger partial charge is 0.254 e. The third-order valence-corrected chi connectivity index (χ3v) is 3.93. The molecule has 0 spiro atoms. The zero-order valence-corrected chi connectivity index (χ0v) is 13.9. The second-order valence-corrected chi connectivity index (χ2v) is 5.19. The summed E-state index contributed by atoms with van der Waals surface area (Å²) < 4.78 is 10.7. The van der Waals surface area contributed by atoms with Gasteiger partial charge in [-0.25, -0.2) is 0 Å². The minimum absolute atomic E-state index is 0. The molecular formula is C17H19ClN2O3. The number of hydrogen-bond donors (Lipinski definition) is 0. The summed E-state index contributed by atoms with van der Waals surface area (Å²) in [7, 11) is 3.25. The summed E-state index contributed by atoms with van der Waals surface area (Å²) in [4.78, 5) is 18.3. The minimum atomic E-state index is 0. The van der Waals surface area contributed by atoms with Gasteiger partial charge in [-0.15, -0.1) is 12.4 Å². The maximum atomic E-state index is 12.5. The number of hydrogen-bond acceptors (Lipinski definition) is 4. The van der Waals surface area contributed by atoms with E-state index in [1.807, 2.05) is 17.0 Å². The highest BCUT2D eigenvalue weighted by molar-refractivity contribution is 5.94. The zero-order chi connectivity index (χ0) is 15.5. The van der Waals surface area contributed by atoms with Crippen LogP contribution in [0.1, 0.15) is 21.5 Å². The number of carbonyl (C=O) groups is 1. The topological polar surface area (TPSA) is 51.7 Å². The Bertz CT molecular complexity index is 692. The molecule has 5 nitrogen and oxygen atoms in total. The van der Waals surface area contributed by atoms with Gasteiger partial charge in [0.15, 0.2) is 11.5 Å². The molecule has 3 rings (SSSR count). The number of ether oxygens (including phenoxy) is 2. The van der Waals surface area contributed by atoms with Gasteiger partial charge >= 0.3 is 0 Å². The molecule has 2 aromatic rings. The van der Waals surface area contributed by atoms with Crippen molar-refractivity contribution in [2.45, 2.75) is 13.0 Å². The van der Waals surface area contributed by atoms with Gasteiger partial charge in [-0.05, 0) is 41.8 Å². The highest BCUT2D eigenvalue weighted by Crippen LogP contribution is 2.33. The Balaban J connectivity index is 0.00000192. The van der Waals surface area contributed by atoms with E-state index in [0.29, 0.717) is 24.4 Å². The number of benzene rings is 1. The van der Waals surface area contributed by atoms with Crippen LogP contribution in [0.3, 0.4) is 0 Å². The summed E-state index contributed by atoms with van der Waals surface area (Å²) in [5, 5.41) is 0. The molecule has 2 heterocycles. The lowest BCUT2D eigenvalue weighted by Crippen LogP contribution is -2.36. The number of nitrogens with zero attached hydrogens (tertiary/aromatic N) is 2. The van der Waals surface area contributed by atoms with E-state index in [0.717, 1.165) is 17.7 Å². The molecule has 1 aromatic carbocycles. The van der Waals surface area contributed by atoms with E-state index in [2.05, 4.69) is 4.98 Å². The zero-order valence-electron chi connectivity index (χ0n) is 13.1. The fraction of sp³-hybridized carbons (Fsp3) is 0.294. The first-order chi connectivity index (χ1) is 10.7. The van der Waals surface area contributed by atoms with Crippen LogP contribution in [0, 0.1) is 0 Å². The summed E-state index contributed by atoms with van der Waals surface area (Å²) in [5.41, 5.74) is 2.97. The van der Waals surface area contributed by atoms with Gasteiger partial charge in [0, 0.05) is 31.0 Å². The summed E-state index contributed by atoms with van der Waals surface area (Å²) in [5.74, 6) is 1.46. The monoisotopic (exact) mass is 334 g/mol. The van der Waals surface area contributed by atoms with Gasteiger partial charge in [-0.1, -0.05) is 0 Å². The van der Waals surface area contributed by atoms with Crippen LogP contribution in [-0.4, -0.2) is 36.6 Å². The van der Waals surface area contributed by atoms with Crippen LogP contribution in [-0.2, 0) is 13.0 Å². The Morgan fingerprint density at radius 1 is 1.09 bits per heavy atom. The first kappa shape index (κ1) is 17.1. The maximum Gasteiger partial charge on any atom is 0.254 e. The minimum Gasteiger partial charge on any atom is -0.493 e. The fourth-order valence-corrected chi connectivity index (χ4v) is 2.73. The van der Waals surface area contributed by atoms with Crippen molar-refractivity contribution in [3.8, 4) is 11.5 Å². The molecule has 23 heavy (non-hydrogen) atoms. The molecule has 0 bridgehead atoms. The Morgan fingerprint density at radius 3 is 2.30 bits per heavy atom. The molecule has 0 atom stereocenters. The van der Waals surface area contributed by atoms with Crippen molar-refractivity contribution >= 4 is 18.3 Å². The molecule has 1 amide bonds. The van der Waals surface area contributed by atoms with Crippen molar-refractivity contribution < 1.29 is 14.3 Å². The molecule has 0 saturated heterocycles. The van der Waals surface area contributed by atoms with Crippen LogP contribution in [0.4, 0.5) is 0 Å². The van der Waals surface area contributed by atoms with E-state index in [9.17, 15) is 4.79 Å². The van der Waals surface area contributed by atoms with Crippen LogP contribution in [0.5, 0.6) is 11.5 Å². The van der Waals surface area contributed by atoms with Crippen LogP contribution in [0.2, 0.25) is 0 Å². The van der Waals surface area contributed by atoms with Gasteiger partial charge in [0.05, 0.1) is 14.2 Å². The second kappa shape index (κ2) is 7.33. The van der Waals surface area contributed by atoms with Crippen LogP contribution >= 0.6 is 12.4 Å². The molecule has 0 radical (unpaired) electrons. The normalized spacial score (nSPS) is 12.9. The largest absolute Gasteiger partial charge is 0.493 e. The SMILES string of the molecule is COc1cc2c(cc1OC)CN(C(=O)c1ccncc1)CC2.Cl. The van der Waals surface area contributed by atoms with Gasteiger partial charge in [0.1, 0.15) is 0 Å². The number of methoxy groups -OCH3 is 2. The maximum absolute atomic E-state index is 12.5. The van der Waals surface area contributed by atoms with E-state index in [-0.39, 0.29) is 18.3 Å². The van der Waals surface area contributed by atoms with Gasteiger partial charge in [0.25, 0.3) is 5.91 Å². The molecule has 122 valence electrons. The summed E-state index contributed by atoms with van der Waals surface area (Å²) in [6.07, 6.45) is 4.09. The van der Waals surface area contributed by atoms with Gasteiger partial charge in [0.2, 0.25) is 0 Å². The van der Waals surface area contributed by atoms with Gasteiger partial charge in [-0.2, -0.15) is 0 Å². The molecule has 1 aliphatic rings. The first-order valence-electron chi connectivity index (χ1n) is 7.16. The Kier molecular flexibility index (Phi) is 5.45. The number of aromatic nitrogens is 1. The van der Waals surface area contributed by atoms with E-state index in [4.69, 9.17) is 9.47 Å². The van der Waals surface area contributed by atoms with Crippen molar-refractivity contribution in [3.63, 3.8) is 0 Å². The number of halogens is 1. The van der Waals surface area contributed by atoms with Crippen molar-refractivity contribution in [1.82, 2.24) is 9.88 Å². The third kappa shape index (κ3) is 3.40. The summed E-state index contributed by atoms with van der Waals surface area (Å²) in [6.45, 7) is 1.28. The number of rotatable bonds is 3. The first-order valence-corrected chi connectivity index (χ1v) is 7.16. The Hall–Kier alpha value is -2.27. The molecule has 0 N–H and O–H groups in total. The van der Waals surface area contributed by atoms with Crippen LogP contribution < -0.4 is 9.47 Å². The molecule has 1 aromatic heterocycles. The summed E-state index contributed by atoms with van der Waals surface area (Å²) >= 11 is 0.